The minimum Gasteiger partial charge on any atom is -0.539 e. The summed E-state index contributed by atoms with van der Waals surface area (Å²) in [4.78, 5) is 0. The van der Waals surface area contributed by atoms with Crippen molar-refractivity contribution < 1.29 is 14.3 Å². The zero-order valence-electron chi connectivity index (χ0n) is 9.72. The van der Waals surface area contributed by atoms with Gasteiger partial charge >= 0.3 is 0 Å². The summed E-state index contributed by atoms with van der Waals surface area (Å²) in [5.74, 6) is -0.375. The van der Waals surface area contributed by atoms with Crippen LogP contribution in [-0.4, -0.2) is 11.8 Å². The molecule has 0 amide bonds. The highest BCUT2D eigenvalue weighted by atomic mass is 16.6. The Balaban J connectivity index is 1.77. The van der Waals surface area contributed by atoms with Gasteiger partial charge in [-0.3, -0.25) is 0 Å². The number of nitrogens with one attached hydrogen (secondary N) is 1. The van der Waals surface area contributed by atoms with Crippen LogP contribution < -0.4 is 15.1 Å². The maximum atomic E-state index is 11.2. The zero-order chi connectivity index (χ0) is 12.1. The summed E-state index contributed by atoms with van der Waals surface area (Å²) in [5.41, 5.74) is 1.81. The highest BCUT2D eigenvalue weighted by Gasteiger charge is 2.11. The Labute approximate surface area is 99.7 Å². The maximum absolute atomic E-state index is 11.2. The molecule has 0 spiro atoms. The summed E-state index contributed by atoms with van der Waals surface area (Å²) in [5, 5.41) is 18.0. The first-order valence-corrected chi connectivity index (χ1v) is 5.54. The number of hydrogen-bond acceptors (Lipinski definition) is 4. The first-order chi connectivity index (χ1) is 8.27. The lowest BCUT2D eigenvalue weighted by Crippen LogP contribution is -2.37. The Bertz CT molecular complexity index is 448. The van der Waals surface area contributed by atoms with E-state index in [0.29, 0.717) is 12.2 Å². The van der Waals surface area contributed by atoms with E-state index in [9.17, 15) is 5.11 Å². The molecule has 1 N–H and O–H groups in total. The second kappa shape index (κ2) is 5.45. The van der Waals surface area contributed by atoms with Crippen molar-refractivity contribution in [1.29, 1.82) is 0 Å². The quantitative estimate of drug-likeness (QED) is 0.579. The Morgan fingerprint density at radius 2 is 2.12 bits per heavy atom. The van der Waals surface area contributed by atoms with E-state index in [1.54, 1.807) is 7.05 Å². The molecule has 0 bridgehead atoms. The van der Waals surface area contributed by atoms with Gasteiger partial charge in [-0.2, -0.15) is 0 Å². The van der Waals surface area contributed by atoms with Crippen molar-refractivity contribution in [1.82, 2.24) is 10.6 Å². The second-order valence-corrected chi connectivity index (χ2v) is 3.84. The second-order valence-electron chi connectivity index (χ2n) is 3.84. The van der Waals surface area contributed by atoms with Gasteiger partial charge in [0.2, 0.25) is 5.69 Å². The van der Waals surface area contributed by atoms with E-state index in [0.717, 1.165) is 13.0 Å². The van der Waals surface area contributed by atoms with Crippen LogP contribution in [0.5, 0.6) is 5.95 Å². The molecule has 90 valence electrons. The molecule has 0 unspecified atom stereocenters. The zero-order valence-corrected chi connectivity index (χ0v) is 9.72. The van der Waals surface area contributed by atoms with Crippen molar-refractivity contribution in [2.24, 2.45) is 7.05 Å². The van der Waals surface area contributed by atoms with E-state index in [2.05, 4.69) is 27.2 Å². The Morgan fingerprint density at radius 3 is 2.76 bits per heavy atom. The Morgan fingerprint density at radius 1 is 1.35 bits per heavy atom. The van der Waals surface area contributed by atoms with Crippen LogP contribution in [0.15, 0.2) is 34.9 Å². The van der Waals surface area contributed by atoms with E-state index in [4.69, 9.17) is 0 Å². The molecule has 1 heterocycles. The Kier molecular flexibility index (Phi) is 3.72. The summed E-state index contributed by atoms with van der Waals surface area (Å²) in [6.45, 7) is 1.29. The molecule has 0 aliphatic rings. The van der Waals surface area contributed by atoms with Crippen molar-refractivity contribution in [3.63, 3.8) is 0 Å². The predicted octanol–water partition coefficient (Wildman–Crippen LogP) is -0.0950. The molecule has 0 fully saturated rings. The largest absolute Gasteiger partial charge is 0.539 e. The lowest BCUT2D eigenvalue weighted by molar-refractivity contribution is -0.746. The summed E-state index contributed by atoms with van der Waals surface area (Å²) < 4.78 is 5.98. The molecule has 5 heteroatoms. The highest BCUT2D eigenvalue weighted by Crippen LogP contribution is 2.05. The topological polar surface area (TPSA) is 65.0 Å². The SMILES string of the molecule is C[n+]1noc([O-])c1CNCCc1ccccc1. The van der Waals surface area contributed by atoms with Crippen molar-refractivity contribution in [2.45, 2.75) is 13.0 Å². The van der Waals surface area contributed by atoms with Gasteiger partial charge in [-0.25, -0.2) is 0 Å². The maximum Gasteiger partial charge on any atom is 0.246 e. The molecule has 0 aliphatic heterocycles. The number of benzene rings is 1. The molecule has 0 saturated heterocycles. The molecule has 0 aliphatic carbocycles. The van der Waals surface area contributed by atoms with Crippen LogP contribution in [-0.2, 0) is 20.0 Å². The first-order valence-electron chi connectivity index (χ1n) is 5.54. The molecule has 17 heavy (non-hydrogen) atoms. The third kappa shape index (κ3) is 3.04. The molecular weight excluding hydrogens is 218 g/mol. The van der Waals surface area contributed by atoms with Crippen molar-refractivity contribution in [3.8, 4) is 5.95 Å². The van der Waals surface area contributed by atoms with Crippen LogP contribution in [0, 0.1) is 0 Å². The van der Waals surface area contributed by atoms with Crippen LogP contribution in [0.4, 0.5) is 0 Å². The lowest BCUT2D eigenvalue weighted by Gasteiger charge is -2.02. The third-order valence-electron chi connectivity index (χ3n) is 2.60. The molecule has 1 aromatic carbocycles. The number of hydrogen-bond donors (Lipinski definition) is 1. The van der Waals surface area contributed by atoms with Crippen molar-refractivity contribution in [3.05, 3.63) is 41.6 Å². The van der Waals surface area contributed by atoms with Gasteiger partial charge in [0, 0.05) is 0 Å². The number of aryl methyl sites for hydroxylation is 1. The van der Waals surface area contributed by atoms with Gasteiger partial charge in [-0.15, -0.1) is 0 Å². The Hall–Kier alpha value is -1.88. The van der Waals surface area contributed by atoms with Crippen LogP contribution in [0.2, 0.25) is 0 Å². The van der Waals surface area contributed by atoms with Gasteiger partial charge in [0.05, 0.1) is 11.8 Å². The number of aromatic nitrogens is 2. The van der Waals surface area contributed by atoms with Crippen LogP contribution in [0.1, 0.15) is 11.3 Å². The van der Waals surface area contributed by atoms with Crippen molar-refractivity contribution in [2.75, 3.05) is 6.54 Å². The summed E-state index contributed by atoms with van der Waals surface area (Å²) in [6.07, 6.45) is 0.935. The van der Waals surface area contributed by atoms with E-state index in [-0.39, 0.29) is 5.95 Å². The smallest absolute Gasteiger partial charge is 0.246 e. The van der Waals surface area contributed by atoms with E-state index in [1.165, 1.54) is 10.2 Å². The summed E-state index contributed by atoms with van der Waals surface area (Å²) in [7, 11) is 1.69. The fourth-order valence-electron chi connectivity index (χ4n) is 1.60. The minimum absolute atomic E-state index is 0.375. The first kappa shape index (κ1) is 11.6. The average Bonchev–Trinajstić information content (AvgIpc) is 2.67. The van der Waals surface area contributed by atoms with Crippen LogP contribution in [0.3, 0.4) is 0 Å². The van der Waals surface area contributed by atoms with Gasteiger partial charge < -0.3 is 14.9 Å². The summed E-state index contributed by atoms with van der Waals surface area (Å²) >= 11 is 0. The van der Waals surface area contributed by atoms with Crippen LogP contribution >= 0.6 is 0 Å². The molecular formula is C12H15N3O2. The third-order valence-corrected chi connectivity index (χ3v) is 2.60. The highest BCUT2D eigenvalue weighted by molar-refractivity contribution is 5.14. The fourth-order valence-corrected chi connectivity index (χ4v) is 1.60. The number of nitrogens with zero attached hydrogens (tertiary/aromatic N) is 2. The molecule has 0 saturated carbocycles. The van der Waals surface area contributed by atoms with E-state index >= 15 is 0 Å². The van der Waals surface area contributed by atoms with Gasteiger partial charge in [-0.05, 0) is 18.5 Å². The lowest BCUT2D eigenvalue weighted by atomic mass is 10.1. The normalized spacial score (nSPS) is 10.6. The van der Waals surface area contributed by atoms with Gasteiger partial charge in [0.15, 0.2) is 13.0 Å². The van der Waals surface area contributed by atoms with Gasteiger partial charge in [0.1, 0.15) is 0 Å². The van der Waals surface area contributed by atoms with Gasteiger partial charge in [-0.1, -0.05) is 35.0 Å². The molecule has 0 atom stereocenters. The minimum atomic E-state index is -0.375. The monoisotopic (exact) mass is 233 g/mol. The summed E-state index contributed by atoms with van der Waals surface area (Å²) in [6, 6.07) is 10.2. The van der Waals surface area contributed by atoms with Crippen molar-refractivity contribution >= 4 is 0 Å². The van der Waals surface area contributed by atoms with E-state index in [1.807, 2.05) is 18.2 Å². The fraction of sp³-hybridized carbons (Fsp3) is 0.333. The van der Waals surface area contributed by atoms with E-state index < -0.39 is 0 Å². The molecule has 0 radical (unpaired) electrons. The molecule has 1 aromatic heterocycles. The molecule has 2 rings (SSSR count). The van der Waals surface area contributed by atoms with Crippen LogP contribution in [0.25, 0.3) is 0 Å². The molecule has 5 nitrogen and oxygen atoms in total. The van der Waals surface area contributed by atoms with Gasteiger partial charge in [0.25, 0.3) is 0 Å². The average molecular weight is 233 g/mol. The standard InChI is InChI=1S/C12H15N3O2/c1-15-11(12(16)17-14-15)9-13-8-7-10-5-3-2-4-6-10/h2-6,13H,7-9H2,1H3. The predicted molar refractivity (Wildman–Crippen MR) is 59.0 cm³/mol. The number of rotatable bonds is 5. The molecule has 2 aromatic rings.